The summed E-state index contributed by atoms with van der Waals surface area (Å²) in [5, 5.41) is 6.84. The zero-order valence-corrected chi connectivity index (χ0v) is 18.4. The smallest absolute Gasteiger partial charge is 0.378 e. The third-order valence-corrected chi connectivity index (χ3v) is 4.65. The fourth-order valence-electron chi connectivity index (χ4n) is 3.07. The lowest BCUT2D eigenvalue weighted by Gasteiger charge is -2.27. The van der Waals surface area contributed by atoms with Crippen LogP contribution in [0.4, 0.5) is 41.1 Å². The maximum Gasteiger partial charge on any atom is 0.417 e. The Labute approximate surface area is 198 Å². The second kappa shape index (κ2) is 11.1. The van der Waals surface area contributed by atoms with Gasteiger partial charge in [-0.3, -0.25) is 0 Å². The summed E-state index contributed by atoms with van der Waals surface area (Å²) in [6.07, 6.45) is -3.46. The first-order chi connectivity index (χ1) is 15.9. The van der Waals surface area contributed by atoms with E-state index in [0.717, 1.165) is 12.3 Å². The minimum Gasteiger partial charge on any atom is -0.378 e. The Bertz CT molecular complexity index is 1120. The summed E-state index contributed by atoms with van der Waals surface area (Å²) in [6, 6.07) is 10.7. The van der Waals surface area contributed by atoms with Crippen LogP contribution >= 0.6 is 12.4 Å². The number of halogens is 5. The topological polar surface area (TPSA) is 87.6 Å². The molecule has 13 heteroatoms. The number of ether oxygens (including phenoxy) is 1. The highest BCUT2D eigenvalue weighted by Gasteiger charge is 2.32. The predicted octanol–water partition coefficient (Wildman–Crippen LogP) is 4.48. The zero-order chi connectivity index (χ0) is 23.3. The van der Waals surface area contributed by atoms with E-state index in [9.17, 15) is 17.6 Å². The number of hydrogen-bond donors (Lipinski definition) is 2. The van der Waals surface area contributed by atoms with Gasteiger partial charge in [-0.2, -0.15) is 33.2 Å². The SMILES string of the molecule is Cl.Fc1ccc(Nc2nc(N/N=C\c3ccccc3C(F)(F)F)nc(N3CCOCC3)n2)cc1. The number of nitrogens with one attached hydrogen (secondary N) is 2. The van der Waals surface area contributed by atoms with Crippen LogP contribution in [0, 0.1) is 5.82 Å². The van der Waals surface area contributed by atoms with Crippen molar-refractivity contribution in [1.29, 1.82) is 0 Å². The number of benzene rings is 2. The van der Waals surface area contributed by atoms with E-state index < -0.39 is 11.7 Å². The summed E-state index contributed by atoms with van der Waals surface area (Å²) in [6.45, 7) is 2.12. The van der Waals surface area contributed by atoms with E-state index in [4.69, 9.17) is 4.74 Å². The van der Waals surface area contributed by atoms with Crippen molar-refractivity contribution < 1.29 is 22.3 Å². The Hall–Kier alpha value is -3.51. The van der Waals surface area contributed by atoms with Crippen LogP contribution in [0.2, 0.25) is 0 Å². The quantitative estimate of drug-likeness (QED) is 0.295. The van der Waals surface area contributed by atoms with Crippen LogP contribution in [0.5, 0.6) is 0 Å². The van der Waals surface area contributed by atoms with Crippen LogP contribution in [0.1, 0.15) is 11.1 Å². The van der Waals surface area contributed by atoms with Gasteiger partial charge in [0.2, 0.25) is 17.8 Å². The Balaban J connectivity index is 0.00000324. The molecular formula is C21H20ClF4N7O. The molecule has 0 bridgehead atoms. The average molecular weight is 498 g/mol. The molecule has 34 heavy (non-hydrogen) atoms. The van der Waals surface area contributed by atoms with E-state index >= 15 is 0 Å². The van der Waals surface area contributed by atoms with Gasteiger partial charge >= 0.3 is 6.18 Å². The lowest BCUT2D eigenvalue weighted by Crippen LogP contribution is -2.37. The first-order valence-electron chi connectivity index (χ1n) is 9.95. The van der Waals surface area contributed by atoms with Gasteiger partial charge in [0.05, 0.1) is 25.0 Å². The highest BCUT2D eigenvalue weighted by atomic mass is 35.5. The van der Waals surface area contributed by atoms with Gasteiger partial charge in [0, 0.05) is 24.3 Å². The molecule has 2 N–H and O–H groups in total. The second-order valence-corrected chi connectivity index (χ2v) is 6.97. The van der Waals surface area contributed by atoms with Gasteiger partial charge in [-0.15, -0.1) is 12.4 Å². The van der Waals surface area contributed by atoms with Gasteiger partial charge in [-0.1, -0.05) is 18.2 Å². The van der Waals surface area contributed by atoms with Crippen molar-refractivity contribution in [3.05, 3.63) is 65.5 Å². The average Bonchev–Trinajstić information content (AvgIpc) is 2.81. The van der Waals surface area contributed by atoms with Crippen molar-refractivity contribution in [3.8, 4) is 0 Å². The maximum atomic E-state index is 13.2. The molecular weight excluding hydrogens is 478 g/mol. The minimum absolute atomic E-state index is 0. The molecule has 1 fully saturated rings. The molecule has 1 aliphatic heterocycles. The van der Waals surface area contributed by atoms with Crippen LogP contribution in [-0.2, 0) is 10.9 Å². The summed E-state index contributed by atoms with van der Waals surface area (Å²) in [4.78, 5) is 14.8. The molecule has 3 aromatic rings. The molecule has 0 saturated carbocycles. The fraction of sp³-hybridized carbons (Fsp3) is 0.238. The Morgan fingerprint density at radius 3 is 2.32 bits per heavy atom. The number of alkyl halides is 3. The summed E-state index contributed by atoms with van der Waals surface area (Å²) in [5.74, 6) is 0.135. The highest BCUT2D eigenvalue weighted by molar-refractivity contribution is 5.85. The van der Waals surface area contributed by atoms with E-state index in [1.807, 2.05) is 4.90 Å². The molecule has 4 rings (SSSR count). The van der Waals surface area contributed by atoms with Gasteiger partial charge in [-0.05, 0) is 30.3 Å². The van der Waals surface area contributed by atoms with Gasteiger partial charge in [0.15, 0.2) is 0 Å². The largest absolute Gasteiger partial charge is 0.417 e. The number of rotatable bonds is 6. The first kappa shape index (κ1) is 25.1. The van der Waals surface area contributed by atoms with Gasteiger partial charge in [0.1, 0.15) is 5.82 Å². The molecule has 0 aliphatic carbocycles. The fourth-order valence-corrected chi connectivity index (χ4v) is 3.07. The van der Waals surface area contributed by atoms with Crippen LogP contribution in [0.15, 0.2) is 53.6 Å². The van der Waals surface area contributed by atoms with E-state index in [1.54, 1.807) is 0 Å². The maximum absolute atomic E-state index is 13.2. The molecule has 0 radical (unpaired) electrons. The minimum atomic E-state index is -4.51. The number of hydrazone groups is 1. The molecule has 0 amide bonds. The number of aromatic nitrogens is 3. The van der Waals surface area contributed by atoms with Crippen molar-refractivity contribution in [2.24, 2.45) is 5.10 Å². The van der Waals surface area contributed by atoms with Crippen molar-refractivity contribution >= 4 is 42.2 Å². The Morgan fingerprint density at radius 2 is 1.62 bits per heavy atom. The molecule has 1 aliphatic rings. The third-order valence-electron chi connectivity index (χ3n) is 4.65. The van der Waals surface area contributed by atoms with Crippen LogP contribution in [0.3, 0.4) is 0 Å². The van der Waals surface area contributed by atoms with E-state index in [-0.39, 0.29) is 35.7 Å². The van der Waals surface area contributed by atoms with Crippen molar-refractivity contribution in [2.75, 3.05) is 41.9 Å². The van der Waals surface area contributed by atoms with Crippen LogP contribution < -0.4 is 15.6 Å². The number of nitrogens with zero attached hydrogens (tertiary/aromatic N) is 5. The summed E-state index contributed by atoms with van der Waals surface area (Å²) in [7, 11) is 0. The summed E-state index contributed by atoms with van der Waals surface area (Å²) >= 11 is 0. The van der Waals surface area contributed by atoms with E-state index in [0.29, 0.717) is 37.9 Å². The highest BCUT2D eigenvalue weighted by Crippen LogP contribution is 2.31. The third kappa shape index (κ3) is 6.51. The second-order valence-electron chi connectivity index (χ2n) is 6.97. The molecule has 0 atom stereocenters. The van der Waals surface area contributed by atoms with E-state index in [1.165, 1.54) is 42.5 Å². The van der Waals surface area contributed by atoms with Gasteiger partial charge in [-0.25, -0.2) is 9.82 Å². The zero-order valence-electron chi connectivity index (χ0n) is 17.6. The molecule has 180 valence electrons. The number of morpholine rings is 1. The number of anilines is 4. The first-order valence-corrected chi connectivity index (χ1v) is 9.95. The summed E-state index contributed by atoms with van der Waals surface area (Å²) in [5.41, 5.74) is 2.20. The standard InChI is InChI=1S/C21H19F4N7O.ClH/c22-15-5-7-16(8-6-15)27-18-28-19(30-20(29-18)32-9-11-33-12-10-32)31-26-13-14-3-1-2-4-17(14)21(23,24)25;/h1-8,13H,9-12H2,(H2,27,28,29,30,31);1H/b26-13-;. The number of hydrogen-bond acceptors (Lipinski definition) is 8. The molecule has 1 aromatic heterocycles. The van der Waals surface area contributed by atoms with Crippen molar-refractivity contribution in [2.45, 2.75) is 6.18 Å². The van der Waals surface area contributed by atoms with Crippen LogP contribution in [-0.4, -0.2) is 47.5 Å². The molecule has 1 saturated heterocycles. The molecule has 8 nitrogen and oxygen atoms in total. The monoisotopic (exact) mass is 497 g/mol. The Morgan fingerprint density at radius 1 is 0.941 bits per heavy atom. The predicted molar refractivity (Wildman–Crippen MR) is 122 cm³/mol. The molecule has 0 spiro atoms. The molecule has 2 aromatic carbocycles. The lowest BCUT2D eigenvalue weighted by atomic mass is 10.1. The van der Waals surface area contributed by atoms with Crippen LogP contribution in [0.25, 0.3) is 0 Å². The van der Waals surface area contributed by atoms with E-state index in [2.05, 4.69) is 30.8 Å². The summed E-state index contributed by atoms with van der Waals surface area (Å²) < 4.78 is 58.1. The Kier molecular flexibility index (Phi) is 8.18. The van der Waals surface area contributed by atoms with Crippen molar-refractivity contribution in [3.63, 3.8) is 0 Å². The van der Waals surface area contributed by atoms with Crippen molar-refractivity contribution in [1.82, 2.24) is 15.0 Å². The molecule has 0 unspecified atom stereocenters. The normalized spacial score (nSPS) is 14.1. The van der Waals surface area contributed by atoms with Gasteiger partial charge in [0.25, 0.3) is 0 Å². The lowest BCUT2D eigenvalue weighted by molar-refractivity contribution is -0.137. The van der Waals surface area contributed by atoms with Gasteiger partial charge < -0.3 is 15.0 Å². The molecule has 2 heterocycles.